The second-order valence-corrected chi connectivity index (χ2v) is 5.30. The summed E-state index contributed by atoms with van der Waals surface area (Å²) < 4.78 is 5.69. The molecule has 0 aliphatic carbocycles. The molecule has 2 nitrogen and oxygen atoms in total. The first kappa shape index (κ1) is 14.9. The molecule has 0 amide bonds. The maximum absolute atomic E-state index is 6.19. The number of hydrogen-bond donors (Lipinski definition) is 1. The van der Waals surface area contributed by atoms with Crippen molar-refractivity contribution in [3.05, 3.63) is 64.7 Å². The normalized spacial score (nSPS) is 12.2. The molecular weight excluding hydrogens is 270 g/mol. The average molecular weight is 290 g/mol. The van der Waals surface area contributed by atoms with Crippen molar-refractivity contribution in [1.29, 1.82) is 0 Å². The van der Waals surface area contributed by atoms with Crippen molar-refractivity contribution in [3.8, 4) is 5.75 Å². The molecule has 20 heavy (non-hydrogen) atoms. The van der Waals surface area contributed by atoms with E-state index in [2.05, 4.69) is 31.2 Å². The van der Waals surface area contributed by atoms with Crippen molar-refractivity contribution in [2.24, 2.45) is 5.73 Å². The average Bonchev–Trinajstić information content (AvgIpc) is 2.47. The monoisotopic (exact) mass is 289 g/mol. The Morgan fingerprint density at radius 2 is 1.90 bits per heavy atom. The highest BCUT2D eigenvalue weighted by atomic mass is 35.5. The van der Waals surface area contributed by atoms with Crippen LogP contribution in [-0.4, -0.2) is 6.61 Å². The second-order valence-electron chi connectivity index (χ2n) is 4.87. The minimum Gasteiger partial charge on any atom is -0.492 e. The molecule has 2 aromatic rings. The van der Waals surface area contributed by atoms with E-state index in [-0.39, 0.29) is 6.04 Å². The number of halogens is 1. The minimum atomic E-state index is -0.123. The molecule has 2 aromatic carbocycles. The van der Waals surface area contributed by atoms with Crippen LogP contribution in [0.1, 0.15) is 30.5 Å². The Balaban J connectivity index is 1.95. The Morgan fingerprint density at radius 1 is 1.15 bits per heavy atom. The van der Waals surface area contributed by atoms with Gasteiger partial charge in [-0.2, -0.15) is 0 Å². The van der Waals surface area contributed by atoms with Gasteiger partial charge in [0.15, 0.2) is 0 Å². The van der Waals surface area contributed by atoms with E-state index in [1.54, 1.807) is 0 Å². The van der Waals surface area contributed by atoms with Crippen LogP contribution in [0.3, 0.4) is 0 Å². The molecule has 0 heterocycles. The smallest absolute Gasteiger partial charge is 0.119 e. The molecule has 106 valence electrons. The largest absolute Gasteiger partial charge is 0.492 e. The number of hydrogen-bond acceptors (Lipinski definition) is 2. The lowest BCUT2D eigenvalue weighted by Gasteiger charge is -2.14. The first-order chi connectivity index (χ1) is 9.69. The molecule has 3 heteroatoms. The van der Waals surface area contributed by atoms with Gasteiger partial charge in [-0.05, 0) is 41.8 Å². The van der Waals surface area contributed by atoms with Crippen LogP contribution in [0.5, 0.6) is 5.75 Å². The van der Waals surface area contributed by atoms with Crippen LogP contribution in [0.15, 0.2) is 48.5 Å². The molecule has 0 bridgehead atoms. The first-order valence-corrected chi connectivity index (χ1v) is 7.29. The summed E-state index contributed by atoms with van der Waals surface area (Å²) in [5, 5.41) is 0.703. The molecule has 1 atom stereocenters. The van der Waals surface area contributed by atoms with Gasteiger partial charge in [-0.3, -0.25) is 0 Å². The SMILES string of the molecule is CCCc1cccc(C(N)COc2ccc(Cl)cc2)c1. The molecular formula is C17H20ClNO. The van der Waals surface area contributed by atoms with Crippen molar-refractivity contribution in [3.63, 3.8) is 0 Å². The molecule has 0 saturated heterocycles. The summed E-state index contributed by atoms with van der Waals surface area (Å²) in [6.07, 6.45) is 2.22. The summed E-state index contributed by atoms with van der Waals surface area (Å²) in [5.74, 6) is 0.787. The quantitative estimate of drug-likeness (QED) is 0.857. The van der Waals surface area contributed by atoms with Gasteiger partial charge in [0.2, 0.25) is 0 Å². The van der Waals surface area contributed by atoms with Crippen molar-refractivity contribution < 1.29 is 4.74 Å². The fourth-order valence-electron chi connectivity index (χ4n) is 2.08. The predicted octanol–water partition coefficient (Wildman–Crippen LogP) is 4.37. The van der Waals surface area contributed by atoms with Crippen LogP contribution >= 0.6 is 11.6 Å². The van der Waals surface area contributed by atoms with E-state index in [4.69, 9.17) is 22.1 Å². The Labute approximate surface area is 125 Å². The van der Waals surface area contributed by atoms with Crippen LogP contribution < -0.4 is 10.5 Å². The highest BCUT2D eigenvalue weighted by molar-refractivity contribution is 6.30. The van der Waals surface area contributed by atoms with Gasteiger partial charge in [0.25, 0.3) is 0 Å². The Kier molecular flexibility index (Phi) is 5.45. The van der Waals surface area contributed by atoms with Gasteiger partial charge in [-0.25, -0.2) is 0 Å². The summed E-state index contributed by atoms with van der Waals surface area (Å²) in [6, 6.07) is 15.6. The van der Waals surface area contributed by atoms with Gasteiger partial charge in [-0.15, -0.1) is 0 Å². The standard InChI is InChI=1S/C17H20ClNO/c1-2-4-13-5-3-6-14(11-13)17(19)12-20-16-9-7-15(18)8-10-16/h3,5-11,17H,2,4,12,19H2,1H3. The van der Waals surface area contributed by atoms with Gasteiger partial charge in [0, 0.05) is 5.02 Å². The number of rotatable bonds is 6. The zero-order valence-corrected chi connectivity index (χ0v) is 12.4. The van der Waals surface area contributed by atoms with Crippen LogP contribution in [0, 0.1) is 0 Å². The van der Waals surface area contributed by atoms with Crippen molar-refractivity contribution >= 4 is 11.6 Å². The Hall–Kier alpha value is -1.51. The highest BCUT2D eigenvalue weighted by Crippen LogP contribution is 2.18. The third-order valence-corrected chi connectivity index (χ3v) is 3.41. The maximum atomic E-state index is 6.19. The van der Waals surface area contributed by atoms with E-state index >= 15 is 0 Å². The summed E-state index contributed by atoms with van der Waals surface area (Å²) in [7, 11) is 0. The lowest BCUT2D eigenvalue weighted by molar-refractivity contribution is 0.290. The third-order valence-electron chi connectivity index (χ3n) is 3.16. The number of ether oxygens (including phenoxy) is 1. The van der Waals surface area contributed by atoms with Gasteiger partial charge >= 0.3 is 0 Å². The van der Waals surface area contributed by atoms with E-state index in [1.807, 2.05) is 24.3 Å². The zero-order chi connectivity index (χ0) is 14.4. The minimum absolute atomic E-state index is 0.123. The fourth-order valence-corrected chi connectivity index (χ4v) is 2.21. The molecule has 2 rings (SSSR count). The molecule has 0 aliphatic heterocycles. The molecule has 0 radical (unpaired) electrons. The van der Waals surface area contributed by atoms with Gasteiger partial charge < -0.3 is 10.5 Å². The maximum Gasteiger partial charge on any atom is 0.119 e. The molecule has 0 aromatic heterocycles. The molecule has 2 N–H and O–H groups in total. The van der Waals surface area contributed by atoms with E-state index in [0.717, 1.165) is 24.2 Å². The van der Waals surface area contributed by atoms with E-state index in [0.29, 0.717) is 11.6 Å². The van der Waals surface area contributed by atoms with Gasteiger partial charge in [0.1, 0.15) is 12.4 Å². The fraction of sp³-hybridized carbons (Fsp3) is 0.294. The lowest BCUT2D eigenvalue weighted by Crippen LogP contribution is -2.19. The van der Waals surface area contributed by atoms with E-state index in [9.17, 15) is 0 Å². The third kappa shape index (κ3) is 4.26. The summed E-state index contributed by atoms with van der Waals surface area (Å²) in [4.78, 5) is 0. The summed E-state index contributed by atoms with van der Waals surface area (Å²) in [6.45, 7) is 2.63. The Morgan fingerprint density at radius 3 is 2.60 bits per heavy atom. The van der Waals surface area contributed by atoms with E-state index < -0.39 is 0 Å². The molecule has 0 saturated carbocycles. The van der Waals surface area contributed by atoms with Crippen molar-refractivity contribution in [2.45, 2.75) is 25.8 Å². The van der Waals surface area contributed by atoms with Gasteiger partial charge in [0.05, 0.1) is 6.04 Å². The Bertz CT molecular complexity index is 539. The topological polar surface area (TPSA) is 35.2 Å². The number of aryl methyl sites for hydroxylation is 1. The van der Waals surface area contributed by atoms with Gasteiger partial charge in [-0.1, -0.05) is 49.2 Å². The summed E-state index contributed by atoms with van der Waals surface area (Å²) in [5.41, 5.74) is 8.63. The molecule has 0 spiro atoms. The first-order valence-electron chi connectivity index (χ1n) is 6.92. The molecule has 0 fully saturated rings. The predicted molar refractivity (Wildman–Crippen MR) is 84.3 cm³/mol. The zero-order valence-electron chi connectivity index (χ0n) is 11.7. The number of benzene rings is 2. The summed E-state index contributed by atoms with van der Waals surface area (Å²) >= 11 is 5.84. The highest BCUT2D eigenvalue weighted by Gasteiger charge is 2.07. The van der Waals surface area contributed by atoms with Crippen LogP contribution in [0.25, 0.3) is 0 Å². The lowest BCUT2D eigenvalue weighted by atomic mass is 10.0. The van der Waals surface area contributed by atoms with Crippen molar-refractivity contribution in [1.82, 2.24) is 0 Å². The van der Waals surface area contributed by atoms with E-state index in [1.165, 1.54) is 5.56 Å². The second kappa shape index (κ2) is 7.32. The number of nitrogens with two attached hydrogens (primary N) is 1. The molecule has 0 aliphatic rings. The molecule has 1 unspecified atom stereocenters. The van der Waals surface area contributed by atoms with Crippen LogP contribution in [0.2, 0.25) is 5.02 Å². The van der Waals surface area contributed by atoms with Crippen molar-refractivity contribution in [2.75, 3.05) is 6.61 Å². The van der Waals surface area contributed by atoms with Crippen LogP contribution in [0.4, 0.5) is 0 Å². The van der Waals surface area contributed by atoms with Crippen LogP contribution in [-0.2, 0) is 6.42 Å².